The monoisotopic (exact) mass is 253 g/mol. The van der Waals surface area contributed by atoms with Gasteiger partial charge in [-0.25, -0.2) is 4.79 Å². The van der Waals surface area contributed by atoms with Gasteiger partial charge < -0.3 is 9.47 Å². The van der Waals surface area contributed by atoms with Gasteiger partial charge in [0.25, 0.3) is 0 Å². The summed E-state index contributed by atoms with van der Waals surface area (Å²) in [5.41, 5.74) is 0. The molecule has 0 rings (SSSR count). The Balaban J connectivity index is 3.16. The first-order chi connectivity index (χ1) is 7.16. The summed E-state index contributed by atoms with van der Waals surface area (Å²) in [5, 5.41) is 2.02. The van der Waals surface area contributed by atoms with Crippen LogP contribution in [0.4, 0.5) is 4.79 Å². The average molecular weight is 253 g/mol. The van der Waals surface area contributed by atoms with Crippen molar-refractivity contribution in [2.45, 2.75) is 6.92 Å². The summed E-state index contributed by atoms with van der Waals surface area (Å²) in [6.07, 6.45) is -0.690. The number of nitrogens with one attached hydrogen (secondary N) is 1. The van der Waals surface area contributed by atoms with Crippen molar-refractivity contribution >= 4 is 33.6 Å². The lowest BCUT2D eigenvalue weighted by molar-refractivity contribution is -0.118. The minimum atomic E-state index is -0.690. The fourth-order valence-electron chi connectivity index (χ4n) is 0.583. The van der Waals surface area contributed by atoms with Crippen LogP contribution in [0, 0.1) is 0 Å². The smallest absolute Gasteiger partial charge is 0.413 e. The molecule has 0 aromatic heterocycles. The molecule has 1 N–H and O–H groups in total. The van der Waals surface area contributed by atoms with E-state index in [0.29, 0.717) is 19.0 Å². The molecule has 0 unspecified atom stereocenters. The number of carbonyl (C=O) groups is 2. The highest BCUT2D eigenvalue weighted by atomic mass is 33.1. The van der Waals surface area contributed by atoms with Crippen LogP contribution < -0.4 is 5.32 Å². The van der Waals surface area contributed by atoms with Crippen molar-refractivity contribution in [3.05, 3.63) is 0 Å². The molecule has 0 spiro atoms. The van der Waals surface area contributed by atoms with Gasteiger partial charge in [-0.3, -0.25) is 10.1 Å². The lowest BCUT2D eigenvalue weighted by atomic mass is 10.7. The Bertz CT molecular complexity index is 201. The Labute approximate surface area is 97.0 Å². The van der Waals surface area contributed by atoms with Gasteiger partial charge >= 0.3 is 6.09 Å². The molecule has 0 saturated heterocycles. The van der Waals surface area contributed by atoms with Crippen molar-refractivity contribution in [2.75, 3.05) is 31.8 Å². The fraction of sp³-hybridized carbons (Fsp3) is 0.750. The van der Waals surface area contributed by atoms with Gasteiger partial charge in [0.05, 0.1) is 6.61 Å². The van der Waals surface area contributed by atoms with Gasteiger partial charge in [-0.1, -0.05) is 21.6 Å². The zero-order valence-corrected chi connectivity index (χ0v) is 10.4. The van der Waals surface area contributed by atoms with E-state index in [9.17, 15) is 9.59 Å². The summed E-state index contributed by atoms with van der Waals surface area (Å²) in [6, 6.07) is 0. The Hall–Kier alpha value is -0.400. The van der Waals surface area contributed by atoms with Gasteiger partial charge in [0.2, 0.25) is 5.91 Å². The summed E-state index contributed by atoms with van der Waals surface area (Å²) in [5.74, 6) is 1.18. The van der Waals surface area contributed by atoms with Gasteiger partial charge in [-0.2, -0.15) is 0 Å². The molecule has 15 heavy (non-hydrogen) atoms. The maximum absolute atomic E-state index is 10.8. The molecular formula is C8H15NO4S2. The predicted molar refractivity (Wildman–Crippen MR) is 62.0 cm³/mol. The third kappa shape index (κ3) is 11.5. The van der Waals surface area contributed by atoms with E-state index < -0.39 is 12.0 Å². The SMILES string of the molecule is COCCSSCCOC(=O)NC(C)=O. The first kappa shape index (κ1) is 14.6. The Morgan fingerprint density at radius 1 is 1.20 bits per heavy atom. The van der Waals surface area contributed by atoms with Crippen LogP contribution >= 0.6 is 21.6 Å². The molecule has 2 amide bonds. The van der Waals surface area contributed by atoms with Crippen LogP contribution in [0.3, 0.4) is 0 Å². The highest BCUT2D eigenvalue weighted by Gasteiger charge is 2.02. The molecular weight excluding hydrogens is 238 g/mol. The number of imide groups is 1. The van der Waals surface area contributed by atoms with Crippen molar-refractivity contribution in [1.29, 1.82) is 0 Å². The van der Waals surface area contributed by atoms with Crippen LogP contribution in [0.2, 0.25) is 0 Å². The third-order valence-corrected chi connectivity index (χ3v) is 3.47. The van der Waals surface area contributed by atoms with Crippen molar-refractivity contribution in [3.63, 3.8) is 0 Å². The maximum atomic E-state index is 10.8. The number of hydrogen-bond donors (Lipinski definition) is 1. The van der Waals surface area contributed by atoms with Crippen LogP contribution in [-0.4, -0.2) is 43.8 Å². The molecule has 0 saturated carbocycles. The second-order valence-electron chi connectivity index (χ2n) is 2.45. The zero-order chi connectivity index (χ0) is 11.5. The summed E-state index contributed by atoms with van der Waals surface area (Å²) < 4.78 is 9.59. The number of rotatable bonds is 7. The summed E-state index contributed by atoms with van der Waals surface area (Å²) in [7, 11) is 4.91. The van der Waals surface area contributed by atoms with Gasteiger partial charge in [0.15, 0.2) is 0 Å². The molecule has 0 bridgehead atoms. The molecule has 0 heterocycles. The van der Waals surface area contributed by atoms with E-state index >= 15 is 0 Å². The molecule has 0 aromatic carbocycles. The molecule has 88 valence electrons. The quantitative estimate of drug-likeness (QED) is 0.545. The predicted octanol–water partition coefficient (Wildman–Crippen LogP) is 1.29. The van der Waals surface area contributed by atoms with E-state index in [0.717, 1.165) is 5.75 Å². The van der Waals surface area contributed by atoms with E-state index in [1.165, 1.54) is 6.92 Å². The average Bonchev–Trinajstić information content (AvgIpc) is 2.15. The normalized spacial score (nSPS) is 9.73. The van der Waals surface area contributed by atoms with E-state index in [1.54, 1.807) is 28.7 Å². The van der Waals surface area contributed by atoms with Crippen LogP contribution in [0.15, 0.2) is 0 Å². The second kappa shape index (κ2) is 10.1. The van der Waals surface area contributed by atoms with Crippen LogP contribution in [0.5, 0.6) is 0 Å². The number of alkyl carbamates (subject to hydrolysis) is 1. The highest BCUT2D eigenvalue weighted by Crippen LogP contribution is 2.19. The van der Waals surface area contributed by atoms with Crippen molar-refractivity contribution in [2.24, 2.45) is 0 Å². The van der Waals surface area contributed by atoms with Crippen LogP contribution in [0.25, 0.3) is 0 Å². The topological polar surface area (TPSA) is 64.6 Å². The molecule has 7 heteroatoms. The Morgan fingerprint density at radius 3 is 2.33 bits per heavy atom. The zero-order valence-electron chi connectivity index (χ0n) is 8.78. The van der Waals surface area contributed by atoms with Crippen molar-refractivity contribution in [1.82, 2.24) is 5.32 Å². The third-order valence-electron chi connectivity index (χ3n) is 1.13. The molecule has 0 radical (unpaired) electrons. The largest absolute Gasteiger partial charge is 0.448 e. The first-order valence-corrected chi connectivity index (χ1v) is 6.83. The Kier molecular flexibility index (Phi) is 9.86. The standard InChI is InChI=1S/C8H15NO4S2/c1-7(10)9-8(11)13-4-6-15-14-5-3-12-2/h3-6H2,1-2H3,(H,9,10,11). The molecule has 0 atom stereocenters. The number of amides is 2. The van der Waals surface area contributed by atoms with E-state index in [-0.39, 0.29) is 0 Å². The minimum absolute atomic E-state index is 0.295. The first-order valence-electron chi connectivity index (χ1n) is 4.34. The summed E-state index contributed by atoms with van der Waals surface area (Å²) >= 11 is 0. The van der Waals surface area contributed by atoms with Gasteiger partial charge in [-0.15, -0.1) is 0 Å². The number of methoxy groups -OCH3 is 1. The van der Waals surface area contributed by atoms with Gasteiger partial charge in [-0.05, 0) is 0 Å². The Morgan fingerprint density at radius 2 is 1.80 bits per heavy atom. The number of carbonyl (C=O) groups excluding carboxylic acids is 2. The molecule has 0 fully saturated rings. The second-order valence-corrected chi connectivity index (χ2v) is 5.16. The molecule has 0 aromatic rings. The van der Waals surface area contributed by atoms with Crippen molar-refractivity contribution in [3.8, 4) is 0 Å². The molecule has 0 aliphatic heterocycles. The number of ether oxygens (including phenoxy) is 2. The van der Waals surface area contributed by atoms with Crippen LogP contribution in [-0.2, 0) is 14.3 Å². The summed E-state index contributed by atoms with van der Waals surface area (Å²) in [4.78, 5) is 21.2. The maximum Gasteiger partial charge on any atom is 0.413 e. The van der Waals surface area contributed by atoms with Gasteiger partial charge in [0.1, 0.15) is 6.61 Å². The molecule has 0 aliphatic carbocycles. The minimum Gasteiger partial charge on any atom is -0.448 e. The fourth-order valence-corrected chi connectivity index (χ4v) is 2.32. The molecule has 0 aliphatic rings. The van der Waals surface area contributed by atoms with E-state index in [4.69, 9.17) is 9.47 Å². The van der Waals surface area contributed by atoms with E-state index in [1.807, 2.05) is 5.32 Å². The lowest BCUT2D eigenvalue weighted by Gasteiger charge is -2.03. The summed E-state index contributed by atoms with van der Waals surface area (Å²) in [6.45, 7) is 2.27. The lowest BCUT2D eigenvalue weighted by Crippen LogP contribution is -2.29. The van der Waals surface area contributed by atoms with Gasteiger partial charge in [0, 0.05) is 25.5 Å². The van der Waals surface area contributed by atoms with E-state index in [2.05, 4.69) is 0 Å². The highest BCUT2D eigenvalue weighted by molar-refractivity contribution is 8.76. The van der Waals surface area contributed by atoms with Crippen LogP contribution in [0.1, 0.15) is 6.92 Å². The molecule has 5 nitrogen and oxygen atoms in total. The number of hydrogen-bond acceptors (Lipinski definition) is 6. The van der Waals surface area contributed by atoms with Crippen molar-refractivity contribution < 1.29 is 19.1 Å².